The van der Waals surface area contributed by atoms with E-state index in [1.165, 1.54) is 12.6 Å². The standard InChI is InChI=1S/C6H8O.CH5N.CH2O/c1-2-6-3-4-7-5-6;2*1-2/h3-5H,2H2,1H3;2H2,1H3;1H2. The van der Waals surface area contributed by atoms with Gasteiger partial charge in [-0.05, 0) is 25.1 Å². The molecule has 0 amide bonds. The summed E-state index contributed by atoms with van der Waals surface area (Å²) in [6.07, 6.45) is 4.52. The van der Waals surface area contributed by atoms with Gasteiger partial charge in [0.25, 0.3) is 0 Å². The molecule has 1 aromatic heterocycles. The third-order valence-corrected chi connectivity index (χ3v) is 0.988. The van der Waals surface area contributed by atoms with Gasteiger partial charge in [-0.25, -0.2) is 0 Å². The molecule has 0 bridgehead atoms. The van der Waals surface area contributed by atoms with E-state index in [0.717, 1.165) is 6.42 Å². The van der Waals surface area contributed by atoms with Crippen LogP contribution in [0, 0.1) is 0 Å². The Labute approximate surface area is 67.2 Å². The Morgan fingerprint density at radius 1 is 1.55 bits per heavy atom. The molecular weight excluding hydrogens is 142 g/mol. The first-order valence-corrected chi connectivity index (χ1v) is 3.31. The monoisotopic (exact) mass is 157 g/mol. The third kappa shape index (κ3) is 6.80. The summed E-state index contributed by atoms with van der Waals surface area (Å²) in [5.74, 6) is 0. The molecule has 2 N–H and O–H groups in total. The molecule has 3 heteroatoms. The maximum atomic E-state index is 8.00. The van der Waals surface area contributed by atoms with Gasteiger partial charge in [0.2, 0.25) is 0 Å². The molecule has 11 heavy (non-hydrogen) atoms. The fourth-order valence-electron chi connectivity index (χ4n) is 0.494. The van der Waals surface area contributed by atoms with Crippen LogP contribution in [0.15, 0.2) is 23.0 Å². The van der Waals surface area contributed by atoms with Gasteiger partial charge in [0, 0.05) is 0 Å². The Hall–Kier alpha value is -1.09. The van der Waals surface area contributed by atoms with Crippen molar-refractivity contribution in [1.82, 2.24) is 0 Å². The van der Waals surface area contributed by atoms with Gasteiger partial charge < -0.3 is 14.9 Å². The molecule has 0 spiro atoms. The molecule has 0 aliphatic heterocycles. The van der Waals surface area contributed by atoms with E-state index in [1.807, 2.05) is 12.9 Å². The van der Waals surface area contributed by atoms with Crippen LogP contribution in [-0.2, 0) is 11.2 Å². The van der Waals surface area contributed by atoms with Gasteiger partial charge in [-0.3, -0.25) is 0 Å². The summed E-state index contributed by atoms with van der Waals surface area (Å²) in [4.78, 5) is 8.00. The fraction of sp³-hybridized carbons (Fsp3) is 0.375. The first kappa shape index (κ1) is 12.6. The van der Waals surface area contributed by atoms with E-state index in [9.17, 15) is 0 Å². The van der Waals surface area contributed by atoms with Gasteiger partial charge in [0.05, 0.1) is 12.5 Å². The predicted molar refractivity (Wildman–Crippen MR) is 45.3 cm³/mol. The number of hydrogen-bond acceptors (Lipinski definition) is 3. The van der Waals surface area contributed by atoms with E-state index in [0.29, 0.717) is 0 Å². The lowest BCUT2D eigenvalue weighted by atomic mass is 10.3. The molecule has 0 fully saturated rings. The quantitative estimate of drug-likeness (QED) is 0.667. The molecular formula is C8H15NO2. The van der Waals surface area contributed by atoms with E-state index in [1.54, 1.807) is 12.5 Å². The number of nitrogens with two attached hydrogens (primary N) is 1. The summed E-state index contributed by atoms with van der Waals surface area (Å²) in [5, 5.41) is 0. The van der Waals surface area contributed by atoms with Crippen molar-refractivity contribution < 1.29 is 9.21 Å². The minimum Gasteiger partial charge on any atom is -0.472 e. The third-order valence-electron chi connectivity index (χ3n) is 0.988. The highest BCUT2D eigenvalue weighted by Gasteiger charge is 1.83. The molecule has 0 aromatic carbocycles. The van der Waals surface area contributed by atoms with Gasteiger partial charge in [0.15, 0.2) is 0 Å². The predicted octanol–water partition coefficient (Wildman–Crippen LogP) is 1.23. The van der Waals surface area contributed by atoms with E-state index >= 15 is 0 Å². The second kappa shape index (κ2) is 11.7. The molecule has 0 atom stereocenters. The zero-order valence-electron chi connectivity index (χ0n) is 7.04. The van der Waals surface area contributed by atoms with Crippen molar-refractivity contribution in [2.75, 3.05) is 7.05 Å². The number of carbonyl (C=O) groups excluding carboxylic acids is 1. The molecule has 0 saturated carbocycles. The molecule has 3 nitrogen and oxygen atoms in total. The Bertz CT molecular complexity index is 138. The number of hydrogen-bond donors (Lipinski definition) is 1. The van der Waals surface area contributed by atoms with Crippen molar-refractivity contribution in [3.63, 3.8) is 0 Å². The van der Waals surface area contributed by atoms with E-state index in [-0.39, 0.29) is 0 Å². The smallest absolute Gasteiger partial charge is 0.106 e. The minimum atomic E-state index is 1.07. The highest BCUT2D eigenvalue weighted by Crippen LogP contribution is 1.98. The van der Waals surface area contributed by atoms with Crippen LogP contribution in [-0.4, -0.2) is 13.8 Å². The van der Waals surface area contributed by atoms with E-state index in [4.69, 9.17) is 9.21 Å². The number of furan rings is 1. The summed E-state index contributed by atoms with van der Waals surface area (Å²) in [5.41, 5.74) is 5.76. The Morgan fingerprint density at radius 3 is 2.27 bits per heavy atom. The van der Waals surface area contributed by atoms with Crippen molar-refractivity contribution in [3.05, 3.63) is 24.2 Å². The van der Waals surface area contributed by atoms with Gasteiger partial charge in [-0.15, -0.1) is 0 Å². The number of aryl methyl sites for hydroxylation is 1. The van der Waals surface area contributed by atoms with Crippen molar-refractivity contribution in [2.45, 2.75) is 13.3 Å². The average molecular weight is 157 g/mol. The second-order valence-corrected chi connectivity index (χ2v) is 1.49. The lowest BCUT2D eigenvalue weighted by Gasteiger charge is -1.76. The van der Waals surface area contributed by atoms with Crippen molar-refractivity contribution in [1.29, 1.82) is 0 Å². The van der Waals surface area contributed by atoms with Crippen LogP contribution in [0.3, 0.4) is 0 Å². The number of rotatable bonds is 1. The van der Waals surface area contributed by atoms with Crippen molar-refractivity contribution in [3.8, 4) is 0 Å². The summed E-state index contributed by atoms with van der Waals surface area (Å²) in [7, 11) is 1.50. The second-order valence-electron chi connectivity index (χ2n) is 1.49. The zero-order valence-corrected chi connectivity index (χ0v) is 7.04. The van der Waals surface area contributed by atoms with Crippen LogP contribution in [0.2, 0.25) is 0 Å². The van der Waals surface area contributed by atoms with Gasteiger partial charge >= 0.3 is 0 Å². The first-order chi connectivity index (χ1) is 5.43. The molecule has 0 aliphatic carbocycles. The van der Waals surface area contributed by atoms with Crippen LogP contribution in [0.4, 0.5) is 0 Å². The van der Waals surface area contributed by atoms with Gasteiger partial charge in [-0.1, -0.05) is 6.92 Å². The van der Waals surface area contributed by atoms with Gasteiger partial charge in [0.1, 0.15) is 6.79 Å². The molecule has 1 heterocycles. The lowest BCUT2D eigenvalue weighted by molar-refractivity contribution is -0.0979. The molecule has 1 aromatic rings. The summed E-state index contributed by atoms with van der Waals surface area (Å²) < 4.78 is 4.81. The fourth-order valence-corrected chi connectivity index (χ4v) is 0.494. The largest absolute Gasteiger partial charge is 0.472 e. The Kier molecular flexibility index (Phi) is 13.3. The topological polar surface area (TPSA) is 56.2 Å². The van der Waals surface area contributed by atoms with E-state index < -0.39 is 0 Å². The van der Waals surface area contributed by atoms with Crippen molar-refractivity contribution in [2.24, 2.45) is 5.73 Å². The lowest BCUT2D eigenvalue weighted by Crippen LogP contribution is -1.69. The normalized spacial score (nSPS) is 6.82. The van der Waals surface area contributed by atoms with Crippen LogP contribution < -0.4 is 5.73 Å². The van der Waals surface area contributed by atoms with Crippen LogP contribution in [0.5, 0.6) is 0 Å². The zero-order chi connectivity index (χ0) is 9.11. The molecule has 64 valence electrons. The Morgan fingerprint density at radius 2 is 2.09 bits per heavy atom. The number of carbonyl (C=O) groups is 1. The highest BCUT2D eigenvalue weighted by molar-refractivity contribution is 5.11. The molecule has 0 aliphatic rings. The highest BCUT2D eigenvalue weighted by atomic mass is 16.3. The van der Waals surface area contributed by atoms with Gasteiger partial charge in [-0.2, -0.15) is 0 Å². The molecule has 0 unspecified atom stereocenters. The Balaban J connectivity index is 0. The maximum Gasteiger partial charge on any atom is 0.106 e. The summed E-state index contributed by atoms with van der Waals surface area (Å²) >= 11 is 0. The molecule has 0 saturated heterocycles. The summed E-state index contributed by atoms with van der Waals surface area (Å²) in [6.45, 7) is 4.10. The van der Waals surface area contributed by atoms with Crippen LogP contribution in [0.1, 0.15) is 12.5 Å². The maximum absolute atomic E-state index is 8.00. The average Bonchev–Trinajstić information content (AvgIpc) is 2.63. The molecule has 0 radical (unpaired) electrons. The van der Waals surface area contributed by atoms with Crippen LogP contribution in [0.25, 0.3) is 0 Å². The van der Waals surface area contributed by atoms with Crippen LogP contribution >= 0.6 is 0 Å². The summed E-state index contributed by atoms with van der Waals surface area (Å²) in [6, 6.07) is 1.97. The minimum absolute atomic E-state index is 1.07. The molecule has 1 rings (SSSR count). The SMILES string of the molecule is C=O.CCc1ccoc1.CN. The first-order valence-electron chi connectivity index (χ1n) is 3.31. The van der Waals surface area contributed by atoms with E-state index in [2.05, 4.69) is 12.7 Å². The van der Waals surface area contributed by atoms with Crippen molar-refractivity contribution >= 4 is 6.79 Å².